The molecule has 1 fully saturated rings. The second kappa shape index (κ2) is 5.76. The molecule has 0 radical (unpaired) electrons. The van der Waals surface area contributed by atoms with E-state index in [1.54, 1.807) is 16.7 Å². The topological polar surface area (TPSA) is 113 Å². The summed E-state index contributed by atoms with van der Waals surface area (Å²) < 4.78 is 2.44. The van der Waals surface area contributed by atoms with Gasteiger partial charge in [-0.25, -0.2) is 0 Å². The monoisotopic (exact) mass is 356 g/mol. The van der Waals surface area contributed by atoms with E-state index in [9.17, 15) is 14.8 Å². The van der Waals surface area contributed by atoms with Gasteiger partial charge in [-0.15, -0.1) is 0 Å². The van der Waals surface area contributed by atoms with Crippen LogP contribution in [0, 0.1) is 6.92 Å². The van der Waals surface area contributed by atoms with Gasteiger partial charge in [-0.3, -0.25) is 19.9 Å². The van der Waals surface area contributed by atoms with E-state index in [2.05, 4.69) is 10.6 Å². The van der Waals surface area contributed by atoms with Crippen LogP contribution in [0.1, 0.15) is 48.2 Å². The van der Waals surface area contributed by atoms with Gasteiger partial charge < -0.3 is 15.8 Å². The third-order valence-corrected chi connectivity index (χ3v) is 5.30. The fraction of sp³-hybridized carbons (Fsp3) is 0.389. The number of nitrogen functional groups attached to an aromatic ring is 1. The van der Waals surface area contributed by atoms with Crippen LogP contribution in [0.25, 0.3) is 0 Å². The lowest BCUT2D eigenvalue weighted by atomic mass is 9.89. The molecule has 1 aliphatic heterocycles. The first-order valence-electron chi connectivity index (χ1n) is 8.78. The van der Waals surface area contributed by atoms with Gasteiger partial charge in [-0.2, -0.15) is 0 Å². The van der Waals surface area contributed by atoms with E-state index in [1.165, 1.54) is 12.3 Å². The van der Waals surface area contributed by atoms with Crippen LogP contribution < -0.4 is 26.7 Å². The van der Waals surface area contributed by atoms with Crippen LogP contribution in [0.4, 0.5) is 17.2 Å². The summed E-state index contributed by atoms with van der Waals surface area (Å²) in [5.74, 6) is -0.0353. The van der Waals surface area contributed by atoms with Crippen molar-refractivity contribution >= 4 is 23.1 Å². The van der Waals surface area contributed by atoms with Crippen LogP contribution >= 0.6 is 0 Å². The Bertz CT molecular complexity index is 960. The Morgan fingerprint density at radius 1 is 1.27 bits per heavy atom. The number of nitrogens with two attached hydrogens (primary N) is 1. The smallest absolute Gasteiger partial charge is 0.313 e. The number of carbonyl (C=O) groups excluding carboxylic acids is 1. The van der Waals surface area contributed by atoms with Gasteiger partial charge in [0.15, 0.2) is 0 Å². The molecule has 26 heavy (non-hydrogen) atoms. The Labute approximate surface area is 150 Å². The second-order valence-corrected chi connectivity index (χ2v) is 7.09. The van der Waals surface area contributed by atoms with Crippen LogP contribution in [-0.4, -0.2) is 15.7 Å². The van der Waals surface area contributed by atoms with Gasteiger partial charge in [-0.1, -0.05) is 11.2 Å². The van der Waals surface area contributed by atoms with Crippen LogP contribution in [-0.2, 0) is 5.66 Å². The molecule has 1 amide bonds. The van der Waals surface area contributed by atoms with Crippen molar-refractivity contribution in [3.63, 3.8) is 0 Å². The summed E-state index contributed by atoms with van der Waals surface area (Å²) in [5.41, 5.74) is 7.00. The molecule has 0 unspecified atom stereocenters. The summed E-state index contributed by atoms with van der Waals surface area (Å²) in [6.45, 7) is 1.83. The number of hydrogen-bond acceptors (Lipinski definition) is 5. The van der Waals surface area contributed by atoms with Crippen molar-refractivity contribution in [1.82, 2.24) is 9.88 Å². The molecular weight excluding hydrogens is 334 g/mol. The molecule has 8 nitrogen and oxygen atoms in total. The number of aromatic nitrogens is 2. The van der Waals surface area contributed by atoms with Crippen molar-refractivity contribution in [2.24, 2.45) is 0 Å². The number of rotatable bonds is 2. The Morgan fingerprint density at radius 3 is 2.69 bits per heavy atom. The van der Waals surface area contributed by atoms with Crippen molar-refractivity contribution in [3.05, 3.63) is 46.0 Å². The maximum Gasteiger partial charge on any atom is 0.313 e. The fourth-order valence-corrected chi connectivity index (χ4v) is 4.08. The molecule has 5 N–H and O–H groups in total. The first-order valence-corrected chi connectivity index (χ1v) is 8.78. The lowest BCUT2D eigenvalue weighted by Gasteiger charge is -2.35. The molecule has 0 saturated heterocycles. The molecule has 8 heteroatoms. The maximum atomic E-state index is 13.2. The summed E-state index contributed by atoms with van der Waals surface area (Å²) in [4.78, 5) is 25.7. The summed E-state index contributed by atoms with van der Waals surface area (Å²) in [7, 11) is 0. The number of nitrogens with one attached hydrogen (secondary N) is 2. The molecule has 1 spiro atoms. The SMILES string of the molecule is Cc1cc(Nc2cc[n+](O)c(N)c2)c(=O)n2c1C(=O)NC21CCCCC1. The van der Waals surface area contributed by atoms with E-state index in [0.717, 1.165) is 42.4 Å². The highest BCUT2D eigenvalue weighted by molar-refractivity contribution is 5.97. The van der Waals surface area contributed by atoms with Gasteiger partial charge >= 0.3 is 5.82 Å². The second-order valence-electron chi connectivity index (χ2n) is 7.09. The highest BCUT2D eigenvalue weighted by Crippen LogP contribution is 2.37. The molecule has 0 aromatic carbocycles. The highest BCUT2D eigenvalue weighted by Gasteiger charge is 2.45. The minimum absolute atomic E-state index is 0.147. The summed E-state index contributed by atoms with van der Waals surface area (Å²) in [6, 6.07) is 4.83. The van der Waals surface area contributed by atoms with Gasteiger partial charge in [0.25, 0.3) is 11.5 Å². The fourth-order valence-electron chi connectivity index (χ4n) is 4.08. The van der Waals surface area contributed by atoms with Gasteiger partial charge in [0.05, 0.1) is 11.8 Å². The highest BCUT2D eigenvalue weighted by atomic mass is 16.5. The Balaban J connectivity index is 1.82. The molecule has 2 aliphatic rings. The van der Waals surface area contributed by atoms with E-state index in [0.29, 0.717) is 17.1 Å². The largest absolute Gasteiger partial charge is 0.351 e. The van der Waals surface area contributed by atoms with Crippen LogP contribution in [0.5, 0.6) is 0 Å². The molecule has 4 rings (SSSR count). The van der Waals surface area contributed by atoms with Crippen LogP contribution in [0.15, 0.2) is 29.2 Å². The number of amides is 1. The molecule has 0 atom stereocenters. The molecule has 1 aliphatic carbocycles. The van der Waals surface area contributed by atoms with E-state index >= 15 is 0 Å². The van der Waals surface area contributed by atoms with Crippen molar-refractivity contribution in [1.29, 1.82) is 0 Å². The Kier molecular flexibility index (Phi) is 3.64. The minimum atomic E-state index is -0.617. The average Bonchev–Trinajstić information content (AvgIpc) is 2.88. The van der Waals surface area contributed by atoms with Gasteiger partial charge in [0.1, 0.15) is 23.2 Å². The number of hydrogen-bond donors (Lipinski definition) is 4. The molecule has 1 saturated carbocycles. The normalized spacial score (nSPS) is 17.8. The van der Waals surface area contributed by atoms with E-state index in [1.807, 2.05) is 6.92 Å². The molecular formula is C18H22N5O3+. The average molecular weight is 356 g/mol. The molecule has 2 aromatic rings. The van der Waals surface area contributed by atoms with Crippen molar-refractivity contribution in [2.75, 3.05) is 11.1 Å². The number of aryl methyl sites for hydroxylation is 1. The number of pyridine rings is 2. The van der Waals surface area contributed by atoms with Gasteiger partial charge in [-0.05, 0) is 44.2 Å². The number of fused-ring (bicyclic) bond motifs is 2. The molecule has 3 heterocycles. The first-order chi connectivity index (χ1) is 12.4. The minimum Gasteiger partial charge on any atom is -0.351 e. The van der Waals surface area contributed by atoms with Crippen molar-refractivity contribution in [3.8, 4) is 0 Å². The zero-order valence-corrected chi connectivity index (χ0v) is 14.6. The zero-order chi connectivity index (χ0) is 18.5. The summed E-state index contributed by atoms with van der Waals surface area (Å²) in [6.07, 6.45) is 5.99. The van der Waals surface area contributed by atoms with Gasteiger partial charge in [0, 0.05) is 6.07 Å². The van der Waals surface area contributed by atoms with E-state index in [-0.39, 0.29) is 17.3 Å². The summed E-state index contributed by atoms with van der Waals surface area (Å²) >= 11 is 0. The number of anilines is 3. The Hall–Kier alpha value is -3.03. The molecule has 2 aromatic heterocycles. The van der Waals surface area contributed by atoms with Crippen LogP contribution in [0.3, 0.4) is 0 Å². The van der Waals surface area contributed by atoms with E-state index < -0.39 is 5.66 Å². The lowest BCUT2D eigenvalue weighted by Crippen LogP contribution is -2.48. The zero-order valence-electron chi connectivity index (χ0n) is 14.6. The predicted molar refractivity (Wildman–Crippen MR) is 95.5 cm³/mol. The number of carbonyl (C=O) groups is 1. The van der Waals surface area contributed by atoms with Crippen molar-refractivity contribution < 1.29 is 14.7 Å². The van der Waals surface area contributed by atoms with Gasteiger partial charge in [0.2, 0.25) is 0 Å². The molecule has 136 valence electrons. The lowest BCUT2D eigenvalue weighted by molar-refractivity contribution is -0.893. The standard InChI is InChI=1S/C18H21N5O3/c1-11-9-13(20-12-5-8-22(26)14(19)10-12)17(25)23-15(11)16(24)21-18(23)6-3-2-4-7-18/h5,8-10,26H,2-4,6-7H2,1H3,(H3,19,20,21,24)/p+1. The predicted octanol–water partition coefficient (Wildman–Crippen LogP) is 1.37. The molecule has 0 bridgehead atoms. The quantitative estimate of drug-likeness (QED) is 0.479. The van der Waals surface area contributed by atoms with E-state index in [4.69, 9.17) is 5.73 Å². The van der Waals surface area contributed by atoms with Crippen molar-refractivity contribution in [2.45, 2.75) is 44.7 Å². The number of nitrogens with zero attached hydrogens (tertiary/aromatic N) is 2. The Morgan fingerprint density at radius 2 is 2.00 bits per heavy atom. The first kappa shape index (κ1) is 16.4. The summed E-state index contributed by atoms with van der Waals surface area (Å²) in [5, 5.41) is 15.6. The van der Waals surface area contributed by atoms with Crippen LogP contribution in [0.2, 0.25) is 0 Å². The third-order valence-electron chi connectivity index (χ3n) is 5.30. The third kappa shape index (κ3) is 2.40. The maximum absolute atomic E-state index is 13.2.